The average molecular weight is 236 g/mol. The summed E-state index contributed by atoms with van der Waals surface area (Å²) in [7, 11) is 0. The molecule has 0 heterocycles. The van der Waals surface area contributed by atoms with E-state index in [1.807, 2.05) is 6.92 Å². The van der Waals surface area contributed by atoms with Crippen molar-refractivity contribution in [2.24, 2.45) is 5.41 Å². The third-order valence-corrected chi connectivity index (χ3v) is 4.44. The van der Waals surface area contributed by atoms with E-state index in [-0.39, 0.29) is 11.2 Å². The predicted molar refractivity (Wildman–Crippen MR) is 67.4 cm³/mol. The van der Waals surface area contributed by atoms with Gasteiger partial charge in [-0.15, -0.1) is 0 Å². The van der Waals surface area contributed by atoms with Crippen LogP contribution in [0.15, 0.2) is 18.2 Å². The zero-order chi connectivity index (χ0) is 12.7. The lowest BCUT2D eigenvalue weighted by molar-refractivity contribution is -0.0420. The van der Waals surface area contributed by atoms with Gasteiger partial charge in [0.05, 0.1) is 5.60 Å². The molecule has 1 saturated carbocycles. The molecule has 0 bridgehead atoms. The van der Waals surface area contributed by atoms with Crippen LogP contribution in [0.2, 0.25) is 0 Å². The van der Waals surface area contributed by atoms with Gasteiger partial charge in [0.25, 0.3) is 0 Å². The third kappa shape index (κ3) is 2.23. The summed E-state index contributed by atoms with van der Waals surface area (Å²) in [4.78, 5) is 0. The Morgan fingerprint density at radius 2 is 2.00 bits per heavy atom. The Morgan fingerprint density at radius 3 is 2.53 bits per heavy atom. The zero-order valence-corrected chi connectivity index (χ0v) is 10.9. The van der Waals surface area contributed by atoms with Gasteiger partial charge < -0.3 is 5.11 Å². The second-order valence-electron chi connectivity index (χ2n) is 6.02. The average Bonchev–Trinajstić information content (AvgIpc) is 2.46. The van der Waals surface area contributed by atoms with Crippen molar-refractivity contribution in [3.63, 3.8) is 0 Å². The van der Waals surface area contributed by atoms with Crippen LogP contribution in [0.4, 0.5) is 4.39 Å². The van der Waals surface area contributed by atoms with Crippen molar-refractivity contribution in [1.29, 1.82) is 0 Å². The van der Waals surface area contributed by atoms with Gasteiger partial charge in [0.15, 0.2) is 0 Å². The van der Waals surface area contributed by atoms with E-state index in [9.17, 15) is 9.50 Å². The van der Waals surface area contributed by atoms with Gasteiger partial charge in [-0.2, -0.15) is 0 Å². The van der Waals surface area contributed by atoms with Crippen LogP contribution in [-0.4, -0.2) is 10.7 Å². The summed E-state index contributed by atoms with van der Waals surface area (Å²) >= 11 is 0. The molecule has 1 unspecified atom stereocenters. The van der Waals surface area contributed by atoms with Gasteiger partial charge in [-0.05, 0) is 54.9 Å². The largest absolute Gasteiger partial charge is 0.389 e. The second-order valence-corrected chi connectivity index (χ2v) is 6.02. The molecule has 1 N–H and O–H groups in total. The minimum Gasteiger partial charge on any atom is -0.389 e. The Hall–Kier alpha value is -0.890. The first-order valence-corrected chi connectivity index (χ1v) is 6.31. The van der Waals surface area contributed by atoms with E-state index in [2.05, 4.69) is 13.8 Å². The highest BCUT2D eigenvalue weighted by Gasteiger charge is 2.47. The SMILES string of the molecule is Cc1cc(F)ccc1CC1(O)CCCC1(C)C. The van der Waals surface area contributed by atoms with Crippen LogP contribution in [0.1, 0.15) is 44.2 Å². The number of aryl methyl sites for hydroxylation is 1. The second kappa shape index (κ2) is 4.09. The minimum absolute atomic E-state index is 0.0478. The Kier molecular flexibility index (Phi) is 3.03. The first kappa shape index (κ1) is 12.6. The highest BCUT2D eigenvalue weighted by atomic mass is 19.1. The van der Waals surface area contributed by atoms with Crippen LogP contribution in [0.3, 0.4) is 0 Å². The van der Waals surface area contributed by atoms with Gasteiger partial charge in [0.2, 0.25) is 0 Å². The Morgan fingerprint density at radius 1 is 1.29 bits per heavy atom. The van der Waals surface area contributed by atoms with E-state index in [1.54, 1.807) is 12.1 Å². The molecule has 1 aromatic carbocycles. The molecule has 0 aromatic heterocycles. The lowest BCUT2D eigenvalue weighted by Crippen LogP contribution is -2.42. The quantitative estimate of drug-likeness (QED) is 0.831. The molecule has 2 rings (SSSR count). The smallest absolute Gasteiger partial charge is 0.123 e. The molecule has 0 amide bonds. The summed E-state index contributed by atoms with van der Waals surface area (Å²) < 4.78 is 13.0. The number of aliphatic hydroxyl groups is 1. The molecule has 1 aromatic rings. The molecule has 1 nitrogen and oxygen atoms in total. The van der Waals surface area contributed by atoms with Crippen LogP contribution >= 0.6 is 0 Å². The van der Waals surface area contributed by atoms with Gasteiger partial charge in [0.1, 0.15) is 5.82 Å². The van der Waals surface area contributed by atoms with Gasteiger partial charge >= 0.3 is 0 Å². The molecule has 17 heavy (non-hydrogen) atoms. The summed E-state index contributed by atoms with van der Waals surface area (Å²) in [5.74, 6) is -0.205. The molecule has 1 aliphatic carbocycles. The van der Waals surface area contributed by atoms with Crippen molar-refractivity contribution in [1.82, 2.24) is 0 Å². The highest BCUT2D eigenvalue weighted by Crippen LogP contribution is 2.47. The Bertz CT molecular complexity index is 425. The fourth-order valence-electron chi connectivity index (χ4n) is 2.89. The first-order chi connectivity index (χ1) is 7.84. The summed E-state index contributed by atoms with van der Waals surface area (Å²) in [6.45, 7) is 6.15. The molecule has 2 heteroatoms. The summed E-state index contributed by atoms with van der Waals surface area (Å²) in [6, 6.07) is 4.82. The Labute approximate surface area is 103 Å². The number of hydrogen-bond donors (Lipinski definition) is 1. The molecule has 1 aliphatic rings. The van der Waals surface area contributed by atoms with E-state index in [0.29, 0.717) is 6.42 Å². The highest BCUT2D eigenvalue weighted by molar-refractivity contribution is 5.29. The van der Waals surface area contributed by atoms with Crippen molar-refractivity contribution in [2.75, 3.05) is 0 Å². The molecule has 0 radical (unpaired) electrons. The van der Waals surface area contributed by atoms with Crippen LogP contribution < -0.4 is 0 Å². The van der Waals surface area contributed by atoms with Crippen molar-refractivity contribution in [3.05, 3.63) is 35.1 Å². The molecule has 0 spiro atoms. The fourth-order valence-corrected chi connectivity index (χ4v) is 2.89. The summed E-state index contributed by atoms with van der Waals surface area (Å²) in [5, 5.41) is 10.8. The lowest BCUT2D eigenvalue weighted by atomic mass is 9.74. The molecule has 0 saturated heterocycles. The van der Waals surface area contributed by atoms with Crippen LogP contribution in [-0.2, 0) is 6.42 Å². The normalized spacial score (nSPS) is 27.4. The molecule has 1 atom stereocenters. The maximum atomic E-state index is 13.0. The van der Waals surface area contributed by atoms with Crippen LogP contribution in [0, 0.1) is 18.2 Å². The lowest BCUT2D eigenvalue weighted by Gasteiger charge is -2.37. The monoisotopic (exact) mass is 236 g/mol. The van der Waals surface area contributed by atoms with Crippen molar-refractivity contribution < 1.29 is 9.50 Å². The Balaban J connectivity index is 2.26. The molecule has 1 fully saturated rings. The maximum absolute atomic E-state index is 13.0. The van der Waals surface area contributed by atoms with E-state index < -0.39 is 5.60 Å². The third-order valence-electron chi connectivity index (χ3n) is 4.44. The van der Waals surface area contributed by atoms with Crippen LogP contribution in [0.5, 0.6) is 0 Å². The number of benzene rings is 1. The number of rotatable bonds is 2. The fraction of sp³-hybridized carbons (Fsp3) is 0.600. The molecule has 94 valence electrons. The van der Waals surface area contributed by atoms with Crippen LogP contribution in [0.25, 0.3) is 0 Å². The maximum Gasteiger partial charge on any atom is 0.123 e. The van der Waals surface area contributed by atoms with Crippen molar-refractivity contribution in [2.45, 2.75) is 52.1 Å². The number of halogens is 1. The summed E-state index contributed by atoms with van der Waals surface area (Å²) in [5.41, 5.74) is 1.30. The van der Waals surface area contributed by atoms with Crippen molar-refractivity contribution in [3.8, 4) is 0 Å². The first-order valence-electron chi connectivity index (χ1n) is 6.31. The van der Waals surface area contributed by atoms with E-state index in [0.717, 1.165) is 30.4 Å². The topological polar surface area (TPSA) is 20.2 Å². The molecule has 0 aliphatic heterocycles. The van der Waals surface area contributed by atoms with Crippen molar-refractivity contribution >= 4 is 0 Å². The minimum atomic E-state index is -0.643. The van der Waals surface area contributed by atoms with Gasteiger partial charge in [0, 0.05) is 6.42 Å². The van der Waals surface area contributed by atoms with E-state index >= 15 is 0 Å². The predicted octanol–water partition coefficient (Wildman–Crippen LogP) is 3.62. The zero-order valence-electron chi connectivity index (χ0n) is 10.9. The van der Waals surface area contributed by atoms with Gasteiger partial charge in [-0.1, -0.05) is 19.9 Å². The molecular formula is C15H21FO. The van der Waals surface area contributed by atoms with Gasteiger partial charge in [-0.25, -0.2) is 4.39 Å². The van der Waals surface area contributed by atoms with Gasteiger partial charge in [-0.3, -0.25) is 0 Å². The van der Waals surface area contributed by atoms with E-state index in [4.69, 9.17) is 0 Å². The number of hydrogen-bond acceptors (Lipinski definition) is 1. The summed E-state index contributed by atoms with van der Waals surface area (Å²) in [6.07, 6.45) is 3.61. The molecular weight excluding hydrogens is 215 g/mol. The van der Waals surface area contributed by atoms with E-state index in [1.165, 1.54) is 6.07 Å². The standard InChI is InChI=1S/C15H21FO/c1-11-9-13(16)6-5-12(11)10-15(17)8-4-7-14(15,2)3/h5-6,9,17H,4,7-8,10H2,1-3H3.